The minimum atomic E-state index is -3.59. The molecule has 0 aromatic heterocycles. The Kier molecular flexibility index (Phi) is 5.25. The number of halogens is 1. The van der Waals surface area contributed by atoms with Gasteiger partial charge in [-0.05, 0) is 43.5 Å². The lowest BCUT2D eigenvalue weighted by Gasteiger charge is -2.08. The average Bonchev–Trinajstić information content (AvgIpc) is 2.28. The van der Waals surface area contributed by atoms with Crippen LogP contribution in [0.3, 0.4) is 0 Å². The molecule has 0 saturated heterocycles. The number of nitrogens with zero attached hydrogens (tertiary/aromatic N) is 1. The molecule has 6 heteroatoms. The Labute approximate surface area is 106 Å². The van der Waals surface area contributed by atoms with Gasteiger partial charge in [0.25, 0.3) is 0 Å². The van der Waals surface area contributed by atoms with Gasteiger partial charge in [0.05, 0.1) is 11.0 Å². The number of sulfonamides is 1. The Hall–Kier alpha value is -1.45. The Morgan fingerprint density at radius 1 is 1.39 bits per heavy atom. The highest BCUT2D eigenvalue weighted by Crippen LogP contribution is 2.15. The van der Waals surface area contributed by atoms with Crippen LogP contribution in [0.4, 0.5) is 4.39 Å². The van der Waals surface area contributed by atoms with Crippen molar-refractivity contribution in [3.05, 3.63) is 29.6 Å². The van der Waals surface area contributed by atoms with Gasteiger partial charge in [0.1, 0.15) is 5.82 Å². The van der Waals surface area contributed by atoms with Gasteiger partial charge in [-0.2, -0.15) is 5.26 Å². The van der Waals surface area contributed by atoms with Crippen molar-refractivity contribution < 1.29 is 12.8 Å². The van der Waals surface area contributed by atoms with Crippen LogP contribution >= 0.6 is 0 Å². The van der Waals surface area contributed by atoms with Gasteiger partial charge in [-0.25, -0.2) is 17.5 Å². The summed E-state index contributed by atoms with van der Waals surface area (Å²) in [6.07, 6.45) is 1.67. The topological polar surface area (TPSA) is 70.0 Å². The van der Waals surface area contributed by atoms with Gasteiger partial charge in [-0.15, -0.1) is 0 Å². The third kappa shape index (κ3) is 4.09. The zero-order chi connectivity index (χ0) is 13.6. The van der Waals surface area contributed by atoms with Crippen molar-refractivity contribution in [3.8, 4) is 6.07 Å². The number of unbranched alkanes of at least 4 members (excludes halogenated alkanes) is 2. The Bertz CT molecular complexity index is 550. The predicted octanol–water partition coefficient (Wildman–Crippen LogP) is 2.11. The molecule has 0 saturated carbocycles. The van der Waals surface area contributed by atoms with E-state index in [-0.39, 0.29) is 11.4 Å². The second kappa shape index (κ2) is 6.47. The lowest BCUT2D eigenvalue weighted by molar-refractivity contribution is 0.575. The average molecular weight is 270 g/mol. The third-order valence-corrected chi connectivity index (χ3v) is 4.06. The lowest BCUT2D eigenvalue weighted by atomic mass is 10.2. The molecule has 1 aromatic carbocycles. The zero-order valence-electron chi connectivity index (χ0n) is 10.1. The van der Waals surface area contributed by atoms with E-state index in [1.54, 1.807) is 6.92 Å². The maximum absolute atomic E-state index is 12.9. The molecule has 0 amide bonds. The van der Waals surface area contributed by atoms with E-state index in [0.717, 1.165) is 6.07 Å². The monoisotopic (exact) mass is 270 g/mol. The van der Waals surface area contributed by atoms with E-state index >= 15 is 0 Å². The number of nitriles is 1. The van der Waals surface area contributed by atoms with E-state index in [2.05, 4.69) is 4.72 Å². The Morgan fingerprint density at radius 2 is 2.11 bits per heavy atom. The fourth-order valence-corrected chi connectivity index (χ4v) is 2.83. The largest absolute Gasteiger partial charge is 0.240 e. The summed E-state index contributed by atoms with van der Waals surface area (Å²) in [7, 11) is -3.59. The molecule has 0 aliphatic carbocycles. The van der Waals surface area contributed by atoms with Gasteiger partial charge in [-0.3, -0.25) is 0 Å². The summed E-state index contributed by atoms with van der Waals surface area (Å²) in [5, 5.41) is 8.34. The maximum atomic E-state index is 12.9. The van der Waals surface area contributed by atoms with Crippen LogP contribution in [0.1, 0.15) is 24.8 Å². The fraction of sp³-hybridized carbons (Fsp3) is 0.417. The smallest absolute Gasteiger partial charge is 0.211 e. The van der Waals surface area contributed by atoms with Crippen molar-refractivity contribution in [1.29, 1.82) is 5.26 Å². The second-order valence-corrected chi connectivity index (χ2v) is 5.66. The van der Waals surface area contributed by atoms with Crippen LogP contribution in [0.25, 0.3) is 0 Å². The van der Waals surface area contributed by atoms with Gasteiger partial charge < -0.3 is 0 Å². The molecule has 0 fully saturated rings. The highest BCUT2D eigenvalue weighted by Gasteiger charge is 2.16. The SMILES string of the molecule is Cc1cc(F)ccc1S(=O)(=O)NCCCCC#N. The first-order chi connectivity index (χ1) is 8.47. The highest BCUT2D eigenvalue weighted by molar-refractivity contribution is 7.89. The van der Waals surface area contributed by atoms with E-state index in [1.165, 1.54) is 12.1 Å². The summed E-state index contributed by atoms with van der Waals surface area (Å²) in [5.74, 6) is -0.458. The summed E-state index contributed by atoms with van der Waals surface area (Å²) in [6, 6.07) is 5.55. The van der Waals surface area contributed by atoms with E-state index in [9.17, 15) is 12.8 Å². The molecule has 18 heavy (non-hydrogen) atoms. The summed E-state index contributed by atoms with van der Waals surface area (Å²) in [4.78, 5) is 0.0872. The van der Waals surface area contributed by atoms with Crippen LogP contribution < -0.4 is 4.72 Å². The van der Waals surface area contributed by atoms with Crippen molar-refractivity contribution in [1.82, 2.24) is 4.72 Å². The molecule has 1 N–H and O–H groups in total. The minimum absolute atomic E-state index is 0.0872. The van der Waals surface area contributed by atoms with Crippen LogP contribution in [0, 0.1) is 24.1 Å². The van der Waals surface area contributed by atoms with Crippen molar-refractivity contribution in [2.75, 3.05) is 6.54 Å². The predicted molar refractivity (Wildman–Crippen MR) is 65.8 cm³/mol. The summed E-state index contributed by atoms with van der Waals surface area (Å²) >= 11 is 0. The van der Waals surface area contributed by atoms with Crippen LogP contribution in [-0.4, -0.2) is 15.0 Å². The summed E-state index contributed by atoms with van der Waals surface area (Å²) in [5.41, 5.74) is 0.375. The molecule has 98 valence electrons. The highest BCUT2D eigenvalue weighted by atomic mass is 32.2. The zero-order valence-corrected chi connectivity index (χ0v) is 10.9. The van der Waals surface area contributed by atoms with Crippen LogP contribution in [-0.2, 0) is 10.0 Å². The normalized spacial score (nSPS) is 11.2. The molecule has 0 heterocycles. The molecule has 0 aliphatic heterocycles. The molecule has 4 nitrogen and oxygen atoms in total. The molecule has 1 aromatic rings. The molecular weight excluding hydrogens is 255 g/mol. The quantitative estimate of drug-likeness (QED) is 0.805. The van der Waals surface area contributed by atoms with Crippen LogP contribution in [0.15, 0.2) is 23.1 Å². The van der Waals surface area contributed by atoms with Crippen molar-refractivity contribution >= 4 is 10.0 Å². The second-order valence-electron chi connectivity index (χ2n) is 3.92. The van der Waals surface area contributed by atoms with Gasteiger partial charge in [0, 0.05) is 13.0 Å². The molecule has 0 unspecified atom stereocenters. The molecule has 0 spiro atoms. The van der Waals surface area contributed by atoms with Crippen molar-refractivity contribution in [3.63, 3.8) is 0 Å². The Balaban J connectivity index is 2.66. The molecule has 0 atom stereocenters. The van der Waals surface area contributed by atoms with Crippen molar-refractivity contribution in [2.24, 2.45) is 0 Å². The number of hydrogen-bond acceptors (Lipinski definition) is 3. The summed E-state index contributed by atoms with van der Waals surface area (Å²) in [6.45, 7) is 1.83. The first-order valence-electron chi connectivity index (χ1n) is 5.60. The van der Waals surface area contributed by atoms with Crippen LogP contribution in [0.2, 0.25) is 0 Å². The van der Waals surface area contributed by atoms with Gasteiger partial charge in [-0.1, -0.05) is 0 Å². The number of benzene rings is 1. The summed E-state index contributed by atoms with van der Waals surface area (Å²) < 4.78 is 39.1. The first-order valence-corrected chi connectivity index (χ1v) is 7.08. The molecule has 1 rings (SSSR count). The van der Waals surface area contributed by atoms with Gasteiger partial charge >= 0.3 is 0 Å². The number of aryl methyl sites for hydroxylation is 1. The first kappa shape index (κ1) is 14.6. The van der Waals surface area contributed by atoms with E-state index in [4.69, 9.17) is 5.26 Å². The van der Waals surface area contributed by atoms with E-state index in [1.807, 2.05) is 6.07 Å². The lowest BCUT2D eigenvalue weighted by Crippen LogP contribution is -2.25. The molecular formula is C12H15FN2O2S. The van der Waals surface area contributed by atoms with Gasteiger partial charge in [0.15, 0.2) is 0 Å². The number of nitrogens with one attached hydrogen (secondary N) is 1. The van der Waals surface area contributed by atoms with Crippen LogP contribution in [0.5, 0.6) is 0 Å². The van der Waals surface area contributed by atoms with E-state index in [0.29, 0.717) is 24.8 Å². The minimum Gasteiger partial charge on any atom is -0.211 e. The maximum Gasteiger partial charge on any atom is 0.240 e. The van der Waals surface area contributed by atoms with Crippen molar-refractivity contribution in [2.45, 2.75) is 31.1 Å². The standard InChI is InChI=1S/C12H15FN2O2S/c1-10-9-11(13)5-6-12(10)18(16,17)15-8-4-2-3-7-14/h5-6,9,15H,2-4,8H2,1H3. The van der Waals surface area contributed by atoms with Gasteiger partial charge in [0.2, 0.25) is 10.0 Å². The van der Waals surface area contributed by atoms with E-state index < -0.39 is 15.8 Å². The fourth-order valence-electron chi connectivity index (χ4n) is 1.53. The number of rotatable bonds is 6. The third-order valence-electron chi connectivity index (χ3n) is 2.43. The Morgan fingerprint density at radius 3 is 2.72 bits per heavy atom. The molecule has 0 bridgehead atoms. The molecule has 0 radical (unpaired) electrons. The number of hydrogen-bond donors (Lipinski definition) is 1. The molecule has 0 aliphatic rings.